The van der Waals surface area contributed by atoms with Gasteiger partial charge in [-0.15, -0.1) is 0 Å². The summed E-state index contributed by atoms with van der Waals surface area (Å²) in [6, 6.07) is 16.5. The molecule has 1 amide bonds. The first-order valence-electron chi connectivity index (χ1n) is 8.81. The monoisotopic (exact) mass is 365 g/mol. The molecule has 0 aliphatic heterocycles. The molecular formula is C21H23N3OS. The molecular weight excluding hydrogens is 342 g/mol. The second kappa shape index (κ2) is 8.81. The molecule has 1 heterocycles. The standard InChI is InChI=1S/C21H23N3OS/c1-15(2)17-9-7-16(8-10-17)11-12-22-20(25)13-26-21-18-5-3-4-6-19(18)23-14-24-21/h3-10,14-15H,11-13H2,1-2H3,(H,22,25). The van der Waals surface area contributed by atoms with Gasteiger partial charge in [-0.3, -0.25) is 4.79 Å². The third kappa shape index (κ3) is 4.82. The molecule has 0 bridgehead atoms. The number of amides is 1. The summed E-state index contributed by atoms with van der Waals surface area (Å²) >= 11 is 1.45. The van der Waals surface area contributed by atoms with Crippen LogP contribution in [0.3, 0.4) is 0 Å². The summed E-state index contributed by atoms with van der Waals surface area (Å²) < 4.78 is 0. The van der Waals surface area contributed by atoms with Crippen molar-refractivity contribution in [3.63, 3.8) is 0 Å². The topological polar surface area (TPSA) is 54.9 Å². The Labute approximate surface area is 158 Å². The second-order valence-corrected chi connectivity index (χ2v) is 7.44. The molecule has 2 aromatic carbocycles. The summed E-state index contributed by atoms with van der Waals surface area (Å²) in [6.45, 7) is 5.02. The van der Waals surface area contributed by atoms with Gasteiger partial charge in [-0.05, 0) is 29.5 Å². The zero-order valence-corrected chi connectivity index (χ0v) is 15.9. The predicted molar refractivity (Wildman–Crippen MR) is 108 cm³/mol. The first-order chi connectivity index (χ1) is 12.6. The van der Waals surface area contributed by atoms with Crippen LogP contribution in [-0.2, 0) is 11.2 Å². The van der Waals surface area contributed by atoms with Crippen molar-refractivity contribution in [3.8, 4) is 0 Å². The van der Waals surface area contributed by atoms with E-state index in [0.29, 0.717) is 18.2 Å². The van der Waals surface area contributed by atoms with Gasteiger partial charge in [0.1, 0.15) is 11.4 Å². The highest BCUT2D eigenvalue weighted by Gasteiger charge is 2.07. The van der Waals surface area contributed by atoms with E-state index in [0.717, 1.165) is 22.3 Å². The summed E-state index contributed by atoms with van der Waals surface area (Å²) in [5.41, 5.74) is 3.48. The highest BCUT2D eigenvalue weighted by atomic mass is 32.2. The van der Waals surface area contributed by atoms with E-state index in [-0.39, 0.29) is 5.91 Å². The van der Waals surface area contributed by atoms with Crippen molar-refractivity contribution in [1.82, 2.24) is 15.3 Å². The lowest BCUT2D eigenvalue weighted by Gasteiger charge is -2.08. The van der Waals surface area contributed by atoms with E-state index >= 15 is 0 Å². The molecule has 0 aliphatic carbocycles. The third-order valence-electron chi connectivity index (χ3n) is 4.23. The van der Waals surface area contributed by atoms with Crippen molar-refractivity contribution in [2.75, 3.05) is 12.3 Å². The Hall–Kier alpha value is -2.40. The maximum Gasteiger partial charge on any atom is 0.230 e. The number of rotatable bonds is 7. The largest absolute Gasteiger partial charge is 0.355 e. The van der Waals surface area contributed by atoms with E-state index in [4.69, 9.17) is 0 Å². The molecule has 1 N–H and O–H groups in total. The molecule has 5 heteroatoms. The molecule has 1 aromatic heterocycles. The van der Waals surface area contributed by atoms with Gasteiger partial charge in [-0.1, -0.05) is 68.1 Å². The second-order valence-electron chi connectivity index (χ2n) is 6.48. The summed E-state index contributed by atoms with van der Waals surface area (Å²) in [6.07, 6.45) is 2.38. The molecule has 0 fully saturated rings. The van der Waals surface area contributed by atoms with Crippen LogP contribution in [0, 0.1) is 0 Å². The van der Waals surface area contributed by atoms with E-state index in [1.807, 2.05) is 24.3 Å². The number of fused-ring (bicyclic) bond motifs is 1. The molecule has 0 radical (unpaired) electrons. The molecule has 0 aliphatic rings. The van der Waals surface area contributed by atoms with Crippen molar-refractivity contribution >= 4 is 28.6 Å². The number of benzene rings is 2. The molecule has 0 spiro atoms. The summed E-state index contributed by atoms with van der Waals surface area (Å²) in [7, 11) is 0. The van der Waals surface area contributed by atoms with Crippen molar-refractivity contribution in [1.29, 1.82) is 0 Å². The van der Waals surface area contributed by atoms with Crippen LogP contribution >= 0.6 is 11.8 Å². The van der Waals surface area contributed by atoms with E-state index in [1.54, 1.807) is 6.33 Å². The number of hydrogen-bond acceptors (Lipinski definition) is 4. The van der Waals surface area contributed by atoms with E-state index in [2.05, 4.69) is 53.4 Å². The lowest BCUT2D eigenvalue weighted by atomic mass is 10.0. The number of nitrogens with one attached hydrogen (secondary N) is 1. The third-order valence-corrected chi connectivity index (χ3v) is 5.23. The van der Waals surface area contributed by atoms with Crippen LogP contribution in [0.15, 0.2) is 59.9 Å². The number of para-hydroxylation sites is 1. The van der Waals surface area contributed by atoms with Gasteiger partial charge in [0.25, 0.3) is 0 Å². The van der Waals surface area contributed by atoms with Crippen LogP contribution in [0.2, 0.25) is 0 Å². The molecule has 134 valence electrons. The molecule has 3 rings (SSSR count). The number of carbonyl (C=O) groups is 1. The van der Waals surface area contributed by atoms with Crippen LogP contribution in [0.1, 0.15) is 30.9 Å². The molecule has 0 saturated carbocycles. The lowest BCUT2D eigenvalue weighted by molar-refractivity contribution is -0.118. The van der Waals surface area contributed by atoms with Crippen molar-refractivity contribution < 1.29 is 4.79 Å². The van der Waals surface area contributed by atoms with E-state index < -0.39 is 0 Å². The fourth-order valence-corrected chi connectivity index (χ4v) is 3.52. The number of thioether (sulfide) groups is 1. The van der Waals surface area contributed by atoms with E-state index in [1.165, 1.54) is 22.9 Å². The lowest BCUT2D eigenvalue weighted by Crippen LogP contribution is -2.27. The maximum atomic E-state index is 12.1. The van der Waals surface area contributed by atoms with Gasteiger partial charge in [0, 0.05) is 11.9 Å². The first kappa shape index (κ1) is 18.4. The number of carbonyl (C=O) groups excluding carboxylic acids is 1. The number of nitrogens with zero attached hydrogens (tertiary/aromatic N) is 2. The van der Waals surface area contributed by atoms with Crippen LogP contribution < -0.4 is 5.32 Å². The summed E-state index contributed by atoms with van der Waals surface area (Å²) in [5.74, 6) is 0.919. The Morgan fingerprint density at radius 1 is 1.08 bits per heavy atom. The number of hydrogen-bond donors (Lipinski definition) is 1. The van der Waals surface area contributed by atoms with Gasteiger partial charge in [0.05, 0.1) is 11.3 Å². The van der Waals surface area contributed by atoms with Gasteiger partial charge < -0.3 is 5.32 Å². The summed E-state index contributed by atoms with van der Waals surface area (Å²) in [4.78, 5) is 20.7. The minimum Gasteiger partial charge on any atom is -0.355 e. The van der Waals surface area contributed by atoms with Crippen LogP contribution in [0.4, 0.5) is 0 Å². The average molecular weight is 366 g/mol. The van der Waals surface area contributed by atoms with Crippen LogP contribution in [0.25, 0.3) is 10.9 Å². The quantitative estimate of drug-likeness (QED) is 0.503. The fraction of sp³-hybridized carbons (Fsp3) is 0.286. The Balaban J connectivity index is 1.47. The highest BCUT2D eigenvalue weighted by Crippen LogP contribution is 2.23. The average Bonchev–Trinajstić information content (AvgIpc) is 2.66. The molecule has 3 aromatic rings. The number of aromatic nitrogens is 2. The summed E-state index contributed by atoms with van der Waals surface area (Å²) in [5, 5.41) is 4.81. The predicted octanol–water partition coefficient (Wildman–Crippen LogP) is 4.20. The molecule has 0 saturated heterocycles. The van der Waals surface area contributed by atoms with Crippen LogP contribution in [0.5, 0.6) is 0 Å². The minimum atomic E-state index is 0.0245. The molecule has 26 heavy (non-hydrogen) atoms. The Kier molecular flexibility index (Phi) is 6.23. The maximum absolute atomic E-state index is 12.1. The van der Waals surface area contributed by atoms with Gasteiger partial charge >= 0.3 is 0 Å². The van der Waals surface area contributed by atoms with Crippen molar-refractivity contribution in [2.24, 2.45) is 0 Å². The van der Waals surface area contributed by atoms with Gasteiger partial charge in [-0.25, -0.2) is 9.97 Å². The van der Waals surface area contributed by atoms with Crippen LogP contribution in [-0.4, -0.2) is 28.2 Å². The molecule has 4 nitrogen and oxygen atoms in total. The van der Waals surface area contributed by atoms with Crippen molar-refractivity contribution in [2.45, 2.75) is 31.2 Å². The van der Waals surface area contributed by atoms with Crippen molar-refractivity contribution in [3.05, 3.63) is 66.0 Å². The fourth-order valence-electron chi connectivity index (χ4n) is 2.70. The Bertz CT molecular complexity index is 873. The highest BCUT2D eigenvalue weighted by molar-refractivity contribution is 8.00. The smallest absolute Gasteiger partial charge is 0.230 e. The zero-order chi connectivity index (χ0) is 18.4. The minimum absolute atomic E-state index is 0.0245. The SMILES string of the molecule is CC(C)c1ccc(CCNC(=O)CSc2ncnc3ccccc23)cc1. The normalized spacial score (nSPS) is 11.0. The Morgan fingerprint density at radius 3 is 2.62 bits per heavy atom. The van der Waals surface area contributed by atoms with Gasteiger partial charge in [-0.2, -0.15) is 0 Å². The van der Waals surface area contributed by atoms with E-state index in [9.17, 15) is 4.79 Å². The molecule has 0 unspecified atom stereocenters. The zero-order valence-electron chi connectivity index (χ0n) is 15.1. The Morgan fingerprint density at radius 2 is 1.85 bits per heavy atom. The molecule has 0 atom stereocenters. The van der Waals surface area contributed by atoms with Gasteiger partial charge in [0.15, 0.2) is 0 Å². The van der Waals surface area contributed by atoms with Gasteiger partial charge in [0.2, 0.25) is 5.91 Å². The first-order valence-corrected chi connectivity index (χ1v) is 9.80.